The fraction of sp³-hybridized carbons (Fsp3) is 0.182. The van der Waals surface area contributed by atoms with Crippen LogP contribution in [0.15, 0.2) is 109 Å². The molecule has 1 aliphatic heterocycles. The van der Waals surface area contributed by atoms with Crippen LogP contribution >= 0.6 is 0 Å². The summed E-state index contributed by atoms with van der Waals surface area (Å²) in [5.74, 6) is 0.261. The van der Waals surface area contributed by atoms with E-state index in [1.54, 1.807) is 0 Å². The number of benzene rings is 4. The molecule has 0 fully saturated rings. The predicted octanol–water partition coefficient (Wildman–Crippen LogP) is 8.33. The molecule has 1 atom stereocenters. The number of fused-ring (bicyclic) bond motifs is 2. The molecule has 0 radical (unpaired) electrons. The number of ketones is 1. The molecule has 0 spiro atoms. The van der Waals surface area contributed by atoms with E-state index >= 15 is 0 Å². The van der Waals surface area contributed by atoms with Crippen molar-refractivity contribution in [1.29, 1.82) is 0 Å². The molecular weight excluding hydrogens is 426 g/mol. The number of anilines is 1. The van der Waals surface area contributed by atoms with E-state index in [1.165, 1.54) is 33.4 Å². The van der Waals surface area contributed by atoms with Gasteiger partial charge in [0, 0.05) is 23.2 Å². The highest BCUT2D eigenvalue weighted by Crippen LogP contribution is 2.51. The van der Waals surface area contributed by atoms with Crippen molar-refractivity contribution in [3.8, 4) is 22.3 Å². The number of Topliss-reactive ketones (excluding diaryl/α,β-unsaturated/α-hetero) is 1. The summed E-state index contributed by atoms with van der Waals surface area (Å²) in [7, 11) is 0. The van der Waals surface area contributed by atoms with Gasteiger partial charge in [-0.15, -0.1) is 0 Å². The van der Waals surface area contributed by atoms with Crippen LogP contribution in [-0.4, -0.2) is 5.78 Å². The van der Waals surface area contributed by atoms with Gasteiger partial charge in [0.15, 0.2) is 5.78 Å². The van der Waals surface area contributed by atoms with Gasteiger partial charge in [-0.2, -0.15) is 0 Å². The van der Waals surface area contributed by atoms with E-state index in [4.69, 9.17) is 0 Å². The number of carbonyl (C=O) groups is 1. The minimum absolute atomic E-state index is 0.0466. The van der Waals surface area contributed by atoms with Gasteiger partial charge in [0.1, 0.15) is 0 Å². The lowest BCUT2D eigenvalue weighted by Gasteiger charge is -2.40. The quantitative estimate of drug-likeness (QED) is 0.336. The molecule has 1 heterocycles. The van der Waals surface area contributed by atoms with Gasteiger partial charge in [0.2, 0.25) is 0 Å². The van der Waals surface area contributed by atoms with Crippen molar-refractivity contribution in [3.63, 3.8) is 0 Å². The summed E-state index contributed by atoms with van der Waals surface area (Å²) in [6, 6.07) is 36.0. The van der Waals surface area contributed by atoms with Crippen molar-refractivity contribution in [3.05, 3.63) is 120 Å². The average molecular weight is 456 g/mol. The molecule has 2 aliphatic rings. The molecule has 1 aliphatic carbocycles. The topological polar surface area (TPSA) is 29.1 Å². The normalized spacial score (nSPS) is 18.5. The van der Waals surface area contributed by atoms with Gasteiger partial charge < -0.3 is 5.32 Å². The Morgan fingerprint density at radius 1 is 0.686 bits per heavy atom. The van der Waals surface area contributed by atoms with E-state index in [1.807, 2.05) is 12.1 Å². The highest BCUT2D eigenvalue weighted by molar-refractivity contribution is 6.09. The van der Waals surface area contributed by atoms with Gasteiger partial charge in [-0.25, -0.2) is 0 Å². The van der Waals surface area contributed by atoms with E-state index in [9.17, 15) is 4.79 Å². The van der Waals surface area contributed by atoms with E-state index in [0.717, 1.165) is 23.2 Å². The van der Waals surface area contributed by atoms with Crippen molar-refractivity contribution < 1.29 is 4.79 Å². The molecular formula is C33H29NO. The summed E-state index contributed by atoms with van der Waals surface area (Å²) in [6.07, 6.45) is 1.49. The van der Waals surface area contributed by atoms with Gasteiger partial charge in [-0.1, -0.05) is 105 Å². The van der Waals surface area contributed by atoms with Gasteiger partial charge in [0.05, 0.1) is 6.04 Å². The fourth-order valence-corrected chi connectivity index (χ4v) is 5.62. The standard InChI is InChI=1S/C33H29NO/c1-33(2)20-28-27-19-26(23-11-7-4-8-12-23)17-18-29(27)34-32(31(28)30(35)21-33)25-15-13-24(14-16-25)22-9-5-3-6-10-22/h3-19,32,34H,20-21H2,1-2H3. The number of allylic oxidation sites excluding steroid dienone is 1. The molecule has 0 amide bonds. The molecule has 35 heavy (non-hydrogen) atoms. The molecule has 0 aromatic heterocycles. The summed E-state index contributed by atoms with van der Waals surface area (Å²) < 4.78 is 0. The first-order valence-electron chi connectivity index (χ1n) is 12.4. The van der Waals surface area contributed by atoms with Crippen LogP contribution in [0, 0.1) is 5.41 Å². The largest absolute Gasteiger partial charge is 0.374 e. The van der Waals surface area contributed by atoms with Crippen LogP contribution in [0.1, 0.15) is 43.9 Å². The highest BCUT2D eigenvalue weighted by Gasteiger charge is 2.40. The first-order valence-corrected chi connectivity index (χ1v) is 12.4. The first-order chi connectivity index (χ1) is 17.0. The van der Waals surface area contributed by atoms with E-state index in [0.29, 0.717) is 6.42 Å². The third kappa shape index (κ3) is 4.00. The summed E-state index contributed by atoms with van der Waals surface area (Å²) in [4.78, 5) is 13.6. The van der Waals surface area contributed by atoms with Crippen LogP contribution in [0.5, 0.6) is 0 Å². The minimum Gasteiger partial charge on any atom is -0.374 e. The number of hydrogen-bond donors (Lipinski definition) is 1. The highest BCUT2D eigenvalue weighted by atomic mass is 16.1. The monoisotopic (exact) mass is 455 g/mol. The number of rotatable bonds is 3. The SMILES string of the molecule is CC1(C)CC(=O)C2=C(C1)c1cc(-c3ccccc3)ccc1NC2c1ccc(-c2ccccc2)cc1. The Morgan fingerprint density at radius 3 is 1.91 bits per heavy atom. The molecule has 4 aromatic carbocycles. The molecule has 1 N–H and O–H groups in total. The van der Waals surface area contributed by atoms with E-state index in [-0.39, 0.29) is 17.2 Å². The molecule has 172 valence electrons. The molecule has 2 heteroatoms. The smallest absolute Gasteiger partial charge is 0.162 e. The van der Waals surface area contributed by atoms with Gasteiger partial charge >= 0.3 is 0 Å². The fourth-order valence-electron chi connectivity index (χ4n) is 5.62. The van der Waals surface area contributed by atoms with Crippen LogP contribution in [0.3, 0.4) is 0 Å². The van der Waals surface area contributed by atoms with Crippen LogP contribution in [-0.2, 0) is 4.79 Å². The number of nitrogens with one attached hydrogen (secondary N) is 1. The maximum atomic E-state index is 13.6. The van der Waals surface area contributed by atoms with Crippen LogP contribution < -0.4 is 5.32 Å². The minimum atomic E-state index is -0.131. The Kier molecular flexibility index (Phi) is 5.18. The van der Waals surface area contributed by atoms with Crippen LogP contribution in [0.2, 0.25) is 0 Å². The third-order valence-corrected chi connectivity index (χ3v) is 7.31. The maximum Gasteiger partial charge on any atom is 0.162 e. The zero-order chi connectivity index (χ0) is 24.0. The molecule has 4 aromatic rings. The third-order valence-electron chi connectivity index (χ3n) is 7.31. The Bertz CT molecular complexity index is 1430. The molecule has 6 rings (SSSR count). The molecule has 1 unspecified atom stereocenters. The number of carbonyl (C=O) groups excluding carboxylic acids is 1. The lowest BCUT2D eigenvalue weighted by molar-refractivity contribution is -0.118. The van der Waals surface area contributed by atoms with Crippen molar-refractivity contribution in [2.24, 2.45) is 5.41 Å². The van der Waals surface area contributed by atoms with Gasteiger partial charge in [0.25, 0.3) is 0 Å². The molecule has 2 nitrogen and oxygen atoms in total. The Balaban J connectivity index is 1.45. The van der Waals surface area contributed by atoms with Gasteiger partial charge in [-0.3, -0.25) is 4.79 Å². The summed E-state index contributed by atoms with van der Waals surface area (Å²) >= 11 is 0. The Labute approximate surface area is 207 Å². The van der Waals surface area contributed by atoms with Gasteiger partial charge in [-0.05, 0) is 57.4 Å². The Morgan fingerprint density at radius 2 is 1.26 bits per heavy atom. The zero-order valence-electron chi connectivity index (χ0n) is 20.2. The average Bonchev–Trinajstić information content (AvgIpc) is 2.88. The van der Waals surface area contributed by atoms with Crippen LogP contribution in [0.25, 0.3) is 27.8 Å². The maximum absolute atomic E-state index is 13.6. The molecule has 0 saturated heterocycles. The zero-order valence-corrected chi connectivity index (χ0v) is 20.2. The Hall–Kier alpha value is -3.91. The van der Waals surface area contributed by atoms with Crippen molar-refractivity contribution in [2.75, 3.05) is 5.32 Å². The summed E-state index contributed by atoms with van der Waals surface area (Å²) in [5.41, 5.74) is 10.2. The molecule has 0 bridgehead atoms. The van der Waals surface area contributed by atoms with E-state index < -0.39 is 0 Å². The second-order valence-electron chi connectivity index (χ2n) is 10.5. The number of hydrogen-bond acceptors (Lipinski definition) is 2. The summed E-state index contributed by atoms with van der Waals surface area (Å²) in [6.45, 7) is 4.42. The van der Waals surface area contributed by atoms with Crippen molar-refractivity contribution >= 4 is 17.0 Å². The second kappa shape index (κ2) is 8.39. The first kappa shape index (κ1) is 21.6. The second-order valence-corrected chi connectivity index (χ2v) is 10.5. The van der Waals surface area contributed by atoms with Crippen LogP contribution in [0.4, 0.5) is 5.69 Å². The lowest BCUT2D eigenvalue weighted by Crippen LogP contribution is -2.33. The molecule has 0 saturated carbocycles. The lowest BCUT2D eigenvalue weighted by atomic mass is 9.68. The van der Waals surface area contributed by atoms with Crippen molar-refractivity contribution in [2.45, 2.75) is 32.7 Å². The van der Waals surface area contributed by atoms with Crippen molar-refractivity contribution in [1.82, 2.24) is 0 Å². The predicted molar refractivity (Wildman–Crippen MR) is 145 cm³/mol. The summed E-state index contributed by atoms with van der Waals surface area (Å²) in [5, 5.41) is 3.73. The van der Waals surface area contributed by atoms with E-state index in [2.05, 4.69) is 110 Å².